The Hall–Kier alpha value is -3.34. The number of carbonyl (C=O) groups excluding carboxylic acids is 4. The monoisotopic (exact) mass is 502 g/mol. The van der Waals surface area contributed by atoms with Crippen molar-refractivity contribution in [2.75, 3.05) is 26.9 Å². The van der Waals surface area contributed by atoms with Crippen LogP contribution in [0.25, 0.3) is 0 Å². The second-order valence-electron chi connectivity index (χ2n) is 9.28. The van der Waals surface area contributed by atoms with Crippen LogP contribution in [0.15, 0.2) is 17.1 Å². The first kappa shape index (κ1) is 25.7. The van der Waals surface area contributed by atoms with Gasteiger partial charge in [-0.1, -0.05) is 6.92 Å². The van der Waals surface area contributed by atoms with Gasteiger partial charge < -0.3 is 19.7 Å². The van der Waals surface area contributed by atoms with E-state index in [2.05, 4.69) is 10.3 Å². The Morgan fingerprint density at radius 1 is 1.17 bits per heavy atom. The molecule has 0 aromatic heterocycles. The summed E-state index contributed by atoms with van der Waals surface area (Å²) >= 11 is 0. The zero-order valence-corrected chi connectivity index (χ0v) is 20.7. The highest BCUT2D eigenvalue weighted by molar-refractivity contribution is 6.46. The van der Waals surface area contributed by atoms with Crippen LogP contribution in [0.4, 0.5) is 4.39 Å². The molecule has 4 rings (SSSR count). The van der Waals surface area contributed by atoms with Crippen molar-refractivity contribution in [3.8, 4) is 5.75 Å². The molecule has 1 N–H and O–H groups in total. The van der Waals surface area contributed by atoms with Gasteiger partial charge >= 0.3 is 0 Å². The predicted octanol–water partition coefficient (Wildman–Crippen LogP) is 1.13. The van der Waals surface area contributed by atoms with E-state index in [0.29, 0.717) is 30.4 Å². The summed E-state index contributed by atoms with van der Waals surface area (Å²) in [7, 11) is 1.60. The molecule has 1 aromatic rings. The third-order valence-corrected chi connectivity index (χ3v) is 6.85. The highest BCUT2D eigenvalue weighted by Crippen LogP contribution is 2.25. The number of ketones is 1. The van der Waals surface area contributed by atoms with Crippen molar-refractivity contribution in [2.24, 2.45) is 4.99 Å². The van der Waals surface area contributed by atoms with Crippen LogP contribution in [0.1, 0.15) is 43.7 Å². The Morgan fingerprint density at radius 2 is 1.94 bits per heavy atom. The maximum absolute atomic E-state index is 14.2. The molecule has 3 heterocycles. The van der Waals surface area contributed by atoms with Crippen molar-refractivity contribution in [3.63, 3.8) is 0 Å². The van der Waals surface area contributed by atoms with Gasteiger partial charge in [0.2, 0.25) is 5.91 Å². The number of nitrogens with zero attached hydrogens (tertiary/aromatic N) is 3. The fourth-order valence-electron chi connectivity index (χ4n) is 4.61. The molecule has 0 spiro atoms. The van der Waals surface area contributed by atoms with Crippen LogP contribution < -0.4 is 10.1 Å². The molecule has 1 fully saturated rings. The van der Waals surface area contributed by atoms with E-state index < -0.39 is 41.5 Å². The van der Waals surface area contributed by atoms with Gasteiger partial charge in [-0.15, -0.1) is 0 Å². The first-order valence-corrected chi connectivity index (χ1v) is 12.2. The van der Waals surface area contributed by atoms with Gasteiger partial charge in [0.25, 0.3) is 17.6 Å². The molecule has 11 heteroatoms. The van der Waals surface area contributed by atoms with E-state index >= 15 is 0 Å². The van der Waals surface area contributed by atoms with Crippen molar-refractivity contribution in [3.05, 3.63) is 29.1 Å². The number of ether oxygens (including phenoxy) is 2. The van der Waals surface area contributed by atoms with E-state index in [1.165, 1.54) is 15.9 Å². The van der Waals surface area contributed by atoms with Gasteiger partial charge in [-0.3, -0.25) is 24.1 Å². The van der Waals surface area contributed by atoms with Gasteiger partial charge in [-0.2, -0.15) is 0 Å². The number of hydrogen-bond acceptors (Lipinski definition) is 7. The minimum absolute atomic E-state index is 0.0374. The first-order valence-electron chi connectivity index (χ1n) is 12.2. The molecule has 36 heavy (non-hydrogen) atoms. The lowest BCUT2D eigenvalue weighted by Crippen LogP contribution is -2.61. The van der Waals surface area contributed by atoms with Crippen LogP contribution in [0.2, 0.25) is 0 Å². The zero-order valence-electron chi connectivity index (χ0n) is 20.7. The average Bonchev–Trinajstić information content (AvgIpc) is 3.04. The summed E-state index contributed by atoms with van der Waals surface area (Å²) in [6.45, 7) is 3.96. The summed E-state index contributed by atoms with van der Waals surface area (Å²) in [5, 5.41) is 2.65. The van der Waals surface area contributed by atoms with Crippen molar-refractivity contribution >= 4 is 29.3 Å². The fourth-order valence-corrected chi connectivity index (χ4v) is 4.61. The number of benzene rings is 1. The number of hydrogen-bond donors (Lipinski definition) is 1. The number of nitrogens with one attached hydrogen (secondary N) is 1. The molecule has 0 radical (unpaired) electrons. The Labute approximate surface area is 208 Å². The molecule has 194 valence electrons. The topological polar surface area (TPSA) is 118 Å². The maximum Gasteiger partial charge on any atom is 0.298 e. The maximum atomic E-state index is 14.2. The van der Waals surface area contributed by atoms with Crippen LogP contribution >= 0.6 is 0 Å². The minimum atomic E-state index is -1.59. The number of fused-ring (bicyclic) bond motifs is 2. The Balaban J connectivity index is 1.74. The third kappa shape index (κ3) is 4.97. The summed E-state index contributed by atoms with van der Waals surface area (Å²) in [6.07, 6.45) is 1.81. The summed E-state index contributed by atoms with van der Waals surface area (Å²) < 4.78 is 25.7. The van der Waals surface area contributed by atoms with Gasteiger partial charge in [-0.05, 0) is 37.8 Å². The molecule has 3 aliphatic heterocycles. The number of halogens is 1. The van der Waals surface area contributed by atoms with Gasteiger partial charge in [0.15, 0.2) is 6.04 Å². The molecule has 1 aromatic carbocycles. The second-order valence-corrected chi connectivity index (χ2v) is 9.28. The van der Waals surface area contributed by atoms with Crippen LogP contribution in [0, 0.1) is 12.7 Å². The molecule has 0 aliphatic carbocycles. The summed E-state index contributed by atoms with van der Waals surface area (Å²) in [5.41, 5.74) is 0.905. The van der Waals surface area contributed by atoms with Gasteiger partial charge in [0, 0.05) is 31.6 Å². The highest BCUT2D eigenvalue weighted by atomic mass is 19.1. The summed E-state index contributed by atoms with van der Waals surface area (Å²) in [6, 6.07) is 0.0672. The van der Waals surface area contributed by atoms with Gasteiger partial charge in [0.05, 0.1) is 25.9 Å². The molecule has 2 bridgehead atoms. The summed E-state index contributed by atoms with van der Waals surface area (Å²) in [5.74, 6) is -2.73. The lowest BCUT2D eigenvalue weighted by atomic mass is 10.0. The van der Waals surface area contributed by atoms with Crippen LogP contribution in [-0.2, 0) is 30.5 Å². The van der Waals surface area contributed by atoms with Gasteiger partial charge in [0.1, 0.15) is 23.4 Å². The number of amides is 3. The number of likely N-dealkylation sites (N-methyl/N-ethyl adjacent to an activating group) is 1. The molecule has 0 saturated carbocycles. The number of amidine groups is 1. The Kier molecular flexibility index (Phi) is 7.67. The van der Waals surface area contributed by atoms with Crippen LogP contribution in [-0.4, -0.2) is 84.1 Å². The van der Waals surface area contributed by atoms with Crippen molar-refractivity contribution in [1.29, 1.82) is 0 Å². The number of aryl methyl sites for hydroxylation is 1. The molecular formula is C25H31FN4O6. The van der Waals surface area contributed by atoms with Crippen LogP contribution in [0.5, 0.6) is 5.75 Å². The number of carbonyl (C=O) groups is 4. The SMILES string of the molecule is CC[C@H]1COCC2C3=NC(C(=O)NCc4cc(C)c(F)cc4OCCCCC(=O)N2C)C(=O)C(=O)N31. The molecule has 2 unspecified atom stereocenters. The molecular weight excluding hydrogens is 471 g/mol. The van der Waals surface area contributed by atoms with E-state index in [-0.39, 0.29) is 50.3 Å². The van der Waals surface area contributed by atoms with Gasteiger partial charge in [-0.25, -0.2) is 9.38 Å². The Morgan fingerprint density at radius 3 is 2.69 bits per heavy atom. The lowest BCUT2D eigenvalue weighted by molar-refractivity contribution is -0.147. The van der Waals surface area contributed by atoms with E-state index in [1.54, 1.807) is 20.0 Å². The van der Waals surface area contributed by atoms with Crippen molar-refractivity contribution in [2.45, 2.75) is 64.2 Å². The van der Waals surface area contributed by atoms with Crippen molar-refractivity contribution in [1.82, 2.24) is 15.1 Å². The lowest BCUT2D eigenvalue weighted by Gasteiger charge is -2.37. The zero-order chi connectivity index (χ0) is 26.0. The van der Waals surface area contributed by atoms with E-state index in [1.807, 2.05) is 6.92 Å². The van der Waals surface area contributed by atoms with E-state index in [0.717, 1.165) is 0 Å². The smallest absolute Gasteiger partial charge is 0.298 e. The molecule has 1 saturated heterocycles. The average molecular weight is 503 g/mol. The largest absolute Gasteiger partial charge is 0.493 e. The normalized spacial score (nSPS) is 26.0. The predicted molar refractivity (Wildman–Crippen MR) is 127 cm³/mol. The quantitative estimate of drug-likeness (QED) is 0.455. The number of Topliss-reactive ketones (excluding diaryl/α,β-unsaturated/α-hetero) is 1. The Bertz CT molecular complexity index is 1110. The number of rotatable bonds is 1. The standard InChI is InChI=1S/C25H31FN4O6/c1-4-16-12-35-13-18-23-28-21(22(32)25(34)30(16)23)24(33)27-11-15-9-14(2)17(26)10-19(15)36-8-6-5-7-20(31)29(18)3/h9-10,16,18,21H,4-8,11-13H2,1-3H3,(H,27,33)/t16-,18?,21?/m0/s1. The molecule has 3 aliphatic rings. The molecule has 10 nitrogen and oxygen atoms in total. The molecule has 3 atom stereocenters. The highest BCUT2D eigenvalue weighted by Gasteiger charge is 2.47. The third-order valence-electron chi connectivity index (χ3n) is 6.85. The van der Waals surface area contributed by atoms with Crippen LogP contribution in [0.3, 0.4) is 0 Å². The van der Waals surface area contributed by atoms with Crippen molar-refractivity contribution < 1.29 is 33.0 Å². The first-order chi connectivity index (χ1) is 17.2. The van der Waals surface area contributed by atoms with E-state index in [9.17, 15) is 23.6 Å². The summed E-state index contributed by atoms with van der Waals surface area (Å²) in [4.78, 5) is 59.5. The van der Waals surface area contributed by atoms with E-state index in [4.69, 9.17) is 9.47 Å². The fraction of sp³-hybridized carbons (Fsp3) is 0.560. The minimum Gasteiger partial charge on any atom is -0.493 e. The number of aliphatic imine (C=N–C) groups is 1. The molecule has 3 amide bonds. The second kappa shape index (κ2) is 10.7.